The Hall–Kier alpha value is -1.58. The van der Waals surface area contributed by atoms with E-state index in [0.717, 1.165) is 0 Å². The van der Waals surface area contributed by atoms with E-state index in [-0.39, 0.29) is 13.0 Å². The molecule has 49 heavy (non-hydrogen) atoms. The number of hydrogen-bond acceptors (Lipinski definition) is 19. The van der Waals surface area contributed by atoms with Gasteiger partial charge in [0.05, 0.1) is 30.8 Å². The van der Waals surface area contributed by atoms with Crippen LogP contribution in [0.3, 0.4) is 0 Å². The largest absolute Gasteiger partial charge is 0.394 e. The van der Waals surface area contributed by atoms with Gasteiger partial charge < -0.3 is 98.4 Å². The third kappa shape index (κ3) is 9.08. The van der Waals surface area contributed by atoms with Crippen LogP contribution in [0.1, 0.15) is 6.42 Å². The van der Waals surface area contributed by atoms with Crippen molar-refractivity contribution in [3.8, 4) is 0 Å². The lowest BCUT2D eigenvalue weighted by molar-refractivity contribution is -0.284. The lowest BCUT2D eigenvalue weighted by atomic mass is 9.83. The molecule has 18 N–H and O–H groups in total. The van der Waals surface area contributed by atoms with Crippen molar-refractivity contribution in [1.29, 1.82) is 0 Å². The molecule has 0 bridgehead atoms. The highest BCUT2D eigenvalue weighted by molar-refractivity contribution is 5.81. The molecule has 0 radical (unpaired) electrons. The molecule has 1 amide bonds. The second kappa shape index (κ2) is 17.8. The molecule has 20 nitrogen and oxygen atoms in total. The highest BCUT2D eigenvalue weighted by Gasteiger charge is 2.54. The molecule has 3 aliphatic heterocycles. The molecule has 4 rings (SSSR count). The molecule has 0 aromatic rings. The van der Waals surface area contributed by atoms with Gasteiger partial charge in [-0.1, -0.05) is 12.2 Å². The van der Waals surface area contributed by atoms with Crippen LogP contribution in [0.25, 0.3) is 0 Å². The Morgan fingerprint density at radius 2 is 1.55 bits per heavy atom. The molecule has 21 heteroatoms. The highest BCUT2D eigenvalue weighted by atomic mass is 19.1. The Kier molecular flexibility index (Phi) is 14.6. The summed E-state index contributed by atoms with van der Waals surface area (Å²) in [5, 5.41) is 68.9. The number of carbonyl (C=O) groups excluding carboxylic acids is 1. The Bertz CT molecular complexity index is 1090. The Morgan fingerprint density at radius 3 is 2.18 bits per heavy atom. The van der Waals surface area contributed by atoms with Crippen molar-refractivity contribution in [3.05, 3.63) is 12.2 Å². The van der Waals surface area contributed by atoms with Crippen LogP contribution in [0.5, 0.6) is 0 Å². The molecule has 0 spiro atoms. The summed E-state index contributed by atoms with van der Waals surface area (Å²) in [7, 11) is 1.72. The van der Waals surface area contributed by atoms with Crippen molar-refractivity contribution in [2.24, 2.45) is 28.7 Å². The van der Waals surface area contributed by atoms with Crippen molar-refractivity contribution >= 4 is 5.91 Å². The van der Waals surface area contributed by atoms with Gasteiger partial charge in [0.15, 0.2) is 25.0 Å². The highest BCUT2D eigenvalue weighted by Crippen LogP contribution is 2.34. The summed E-state index contributed by atoms with van der Waals surface area (Å²) in [5.41, 5.74) is 29.6. The zero-order valence-electron chi connectivity index (χ0n) is 27.0. The lowest BCUT2D eigenvalue weighted by Crippen LogP contribution is -2.67. The Labute approximate surface area is 281 Å². The summed E-state index contributed by atoms with van der Waals surface area (Å²) in [5.74, 6) is -1.16. The summed E-state index contributed by atoms with van der Waals surface area (Å²) >= 11 is 0. The Balaban J connectivity index is 1.56. The first kappa shape index (κ1) is 40.2. The molecule has 1 aliphatic carbocycles. The lowest BCUT2D eigenvalue weighted by Gasteiger charge is -2.46. The van der Waals surface area contributed by atoms with Crippen LogP contribution in [-0.2, 0) is 33.2 Å². The van der Waals surface area contributed by atoms with E-state index in [0.29, 0.717) is 6.54 Å². The number of amides is 1. The third-order valence-electron chi connectivity index (χ3n) is 9.09. The van der Waals surface area contributed by atoms with Gasteiger partial charge in [-0.3, -0.25) is 4.79 Å². The number of hydrogen-bond donors (Lipinski definition) is 13. The molecule has 0 aromatic heterocycles. The maximum absolute atomic E-state index is 14.0. The molecule has 3 heterocycles. The zero-order chi connectivity index (χ0) is 36.2. The van der Waals surface area contributed by atoms with Crippen LogP contribution >= 0.6 is 0 Å². The SMILES string of the molecule is CNC[C@@H]1C=C[C@@H](N)[C@@H](O[C@H]2[C@H](O[C@@H]3O[C@H](CO)[C@@H](O[C@H]4O[C@@H](CN)[C@@H](O)[C@H](O)[C@H]4N)[C@H]3O)[C@@H](O)[C@H](NC(=O)[C@@H](O)[C@H](F)CN)C[C@@H]2N)O1. The van der Waals surface area contributed by atoms with Crippen molar-refractivity contribution in [1.82, 2.24) is 10.6 Å². The van der Waals surface area contributed by atoms with Gasteiger partial charge >= 0.3 is 0 Å². The summed E-state index contributed by atoms with van der Waals surface area (Å²) in [6, 6.07) is -4.29. The minimum absolute atomic E-state index is 0.145. The van der Waals surface area contributed by atoms with Gasteiger partial charge in [0.1, 0.15) is 61.1 Å². The smallest absolute Gasteiger partial charge is 0.252 e. The molecule has 19 atom stereocenters. The summed E-state index contributed by atoms with van der Waals surface area (Å²) in [4.78, 5) is 12.6. The number of halogens is 1. The minimum Gasteiger partial charge on any atom is -0.394 e. The zero-order valence-corrected chi connectivity index (χ0v) is 27.0. The monoisotopic (exact) mass is 713 g/mol. The fourth-order valence-corrected chi connectivity index (χ4v) is 6.23. The quantitative estimate of drug-likeness (QED) is 0.0743. The van der Waals surface area contributed by atoms with E-state index in [2.05, 4.69) is 10.6 Å². The predicted molar refractivity (Wildman–Crippen MR) is 164 cm³/mol. The van der Waals surface area contributed by atoms with Crippen LogP contribution in [0.15, 0.2) is 12.2 Å². The van der Waals surface area contributed by atoms with E-state index in [9.17, 15) is 39.8 Å². The number of rotatable bonds is 14. The van der Waals surface area contributed by atoms with Gasteiger partial charge in [-0.2, -0.15) is 0 Å². The van der Waals surface area contributed by atoms with E-state index in [1.807, 2.05) is 0 Å². The summed E-state index contributed by atoms with van der Waals surface area (Å²) in [6.07, 6.45) is -18.2. The van der Waals surface area contributed by atoms with Gasteiger partial charge in [0.2, 0.25) is 0 Å². The average Bonchev–Trinajstić information content (AvgIpc) is 3.38. The van der Waals surface area contributed by atoms with Crippen LogP contribution in [0.4, 0.5) is 4.39 Å². The molecule has 3 fully saturated rings. The van der Waals surface area contributed by atoms with Gasteiger partial charge in [0, 0.05) is 25.7 Å². The van der Waals surface area contributed by atoms with E-state index < -0.39 is 135 Å². The second-order valence-corrected chi connectivity index (χ2v) is 12.6. The van der Waals surface area contributed by atoms with Crippen molar-refractivity contribution in [3.63, 3.8) is 0 Å². The number of nitrogens with two attached hydrogens (primary N) is 5. The molecule has 4 aliphatic rings. The van der Waals surface area contributed by atoms with Crippen LogP contribution in [-0.4, -0.2) is 186 Å². The van der Waals surface area contributed by atoms with Gasteiger partial charge in [-0.25, -0.2) is 4.39 Å². The molecule has 1 saturated carbocycles. The van der Waals surface area contributed by atoms with E-state index >= 15 is 0 Å². The fraction of sp³-hybridized carbons (Fsp3) is 0.893. The van der Waals surface area contributed by atoms with Crippen LogP contribution in [0, 0.1) is 0 Å². The van der Waals surface area contributed by atoms with Crippen molar-refractivity contribution in [2.75, 3.05) is 33.3 Å². The normalized spacial score (nSPS) is 45.6. The standard InChI is InChI=1S/C28H52FN7O13/c1-35-7-9-2-3-11(32)26(44-9)47-22-12(33)4-13(36-25(43)17(38)10(29)5-30)18(39)24(22)49-28-21(42)23(15(8-37)46-28)48-27-16(34)20(41)19(40)14(6-31)45-27/h2-3,9-24,26-28,35,37-42H,4-8,30-34H2,1H3,(H,36,43)/t9-,10+,11+,12-,13+,14-,15+,16+,17-,18-,19+,20+,21+,22+,23+,24+,26+,27+,28-/m0/s1. The van der Waals surface area contributed by atoms with Gasteiger partial charge in [-0.05, 0) is 13.5 Å². The molecular formula is C28H52FN7O13. The number of nitrogens with one attached hydrogen (secondary N) is 2. The topological polar surface area (TPSA) is 348 Å². The first-order valence-electron chi connectivity index (χ1n) is 16.1. The molecular weight excluding hydrogens is 661 g/mol. The summed E-state index contributed by atoms with van der Waals surface area (Å²) in [6.45, 7) is -1.12. The minimum atomic E-state index is -2.14. The number of ether oxygens (including phenoxy) is 6. The number of alkyl halides is 1. The van der Waals surface area contributed by atoms with E-state index in [4.69, 9.17) is 57.1 Å². The fourth-order valence-electron chi connectivity index (χ4n) is 6.23. The first-order valence-corrected chi connectivity index (χ1v) is 16.1. The van der Waals surface area contributed by atoms with E-state index in [1.54, 1.807) is 19.2 Å². The summed E-state index contributed by atoms with van der Waals surface area (Å²) < 4.78 is 49.4. The van der Waals surface area contributed by atoms with Crippen molar-refractivity contribution in [2.45, 2.75) is 123 Å². The molecule has 0 unspecified atom stereocenters. The molecule has 2 saturated heterocycles. The number of likely N-dealkylation sites (N-methyl/N-ethyl adjacent to an activating group) is 1. The molecule has 284 valence electrons. The maximum atomic E-state index is 14.0. The molecule has 0 aromatic carbocycles. The first-order chi connectivity index (χ1) is 23.3. The van der Waals surface area contributed by atoms with Gasteiger partial charge in [-0.15, -0.1) is 0 Å². The van der Waals surface area contributed by atoms with Crippen molar-refractivity contribution < 1.29 is 68.2 Å². The van der Waals surface area contributed by atoms with Crippen LogP contribution < -0.4 is 39.3 Å². The average molecular weight is 714 g/mol. The second-order valence-electron chi connectivity index (χ2n) is 12.6. The van der Waals surface area contributed by atoms with Crippen LogP contribution in [0.2, 0.25) is 0 Å². The van der Waals surface area contributed by atoms with Gasteiger partial charge in [0.25, 0.3) is 5.91 Å². The number of aliphatic hydroxyl groups excluding tert-OH is 6. The third-order valence-corrected chi connectivity index (χ3v) is 9.09. The number of carbonyl (C=O) groups is 1. The maximum Gasteiger partial charge on any atom is 0.252 e. The van der Waals surface area contributed by atoms with E-state index in [1.165, 1.54) is 0 Å². The number of aliphatic hydroxyl groups is 6. The predicted octanol–water partition coefficient (Wildman–Crippen LogP) is -7.99. The Morgan fingerprint density at radius 1 is 0.898 bits per heavy atom.